The van der Waals surface area contributed by atoms with Crippen molar-refractivity contribution < 1.29 is 167 Å². The number of aliphatic hydroxyl groups excluding tert-OH is 4. The number of aliphatic hydroxyl groups is 4. The van der Waals surface area contributed by atoms with Crippen LogP contribution in [0.5, 0.6) is 23.0 Å². The number of phenols is 4. The van der Waals surface area contributed by atoms with Crippen LogP contribution in [0.15, 0.2) is 97.1 Å². The van der Waals surface area contributed by atoms with E-state index in [1.807, 2.05) is 5.32 Å². The van der Waals surface area contributed by atoms with Crippen LogP contribution in [-0.4, -0.2) is 332 Å². The Hall–Kier alpha value is -15.8. The molecule has 0 bridgehead atoms. The fourth-order valence-corrected chi connectivity index (χ4v) is 14.9. The van der Waals surface area contributed by atoms with Crippen molar-refractivity contribution in [1.29, 1.82) is 0 Å². The van der Waals surface area contributed by atoms with E-state index in [2.05, 4.69) is 74.4 Å². The number of hydrogen-bond acceptors (Lipinski definition) is 31. The highest BCUT2D eigenvalue weighted by molar-refractivity contribution is 6.03. The Bertz CT molecular complexity index is 5270. The molecule has 1 heterocycles. The summed E-state index contributed by atoms with van der Waals surface area (Å²) in [4.78, 5) is 302. The van der Waals surface area contributed by atoms with E-state index in [4.69, 9.17) is 22.3 Å². The van der Waals surface area contributed by atoms with Gasteiger partial charge in [0.15, 0.2) is 0 Å². The van der Waals surface area contributed by atoms with Crippen LogP contribution in [0.1, 0.15) is 141 Å². The zero-order valence-electron chi connectivity index (χ0n) is 80.8. The summed E-state index contributed by atoms with van der Waals surface area (Å²) in [6, 6.07) is -10.9. The number of likely N-dealkylation sites (tertiary alicyclic amines) is 1. The van der Waals surface area contributed by atoms with Gasteiger partial charge in [0.1, 0.15) is 120 Å². The number of aliphatic carboxylic acids is 4. The third-order valence-electron chi connectivity index (χ3n) is 23.6. The van der Waals surface area contributed by atoms with Crippen molar-refractivity contribution in [3.8, 4) is 23.0 Å². The molecular formula is C93H129N19O34. The number of carboxylic acid groups (broad SMARTS) is 4. The minimum absolute atomic E-state index is 0.00284. The summed E-state index contributed by atoms with van der Waals surface area (Å²) in [5, 5.41) is 156. The molecule has 53 nitrogen and oxygen atoms in total. The van der Waals surface area contributed by atoms with Crippen molar-refractivity contribution in [2.75, 3.05) is 26.4 Å². The molecule has 4 aromatic carbocycles. The van der Waals surface area contributed by atoms with Gasteiger partial charge in [-0.2, -0.15) is 0 Å². The van der Waals surface area contributed by atoms with Crippen LogP contribution in [0, 0.1) is 17.8 Å². The lowest BCUT2D eigenvalue weighted by molar-refractivity contribution is -0.144. The SMILES string of the molecule is CC[C@H](C)[C@H](NC(=O)[C@H](CC(=O)O)NC(=O)[C@H](Cc1ccc(O)cc1)NC(=O)[C@@H](NC(=O)[C@@H]1CCCN1C(=O)[C@H](CO)NC(=O)[C@H](CO)NC(=O)[C@@H](NC(=O)[C@H](CCC(N)=O)NC(=O)[C@H](Cc1ccc(O)cc1)NC(=O)[C@@H](N)CC(=O)O)C(C)C)[C@@H](C)CC)C(=O)N[C@@H](CC(N)=O)C(=O)N[C@@H](Cc1ccc(O)cc1)C(=O)N[C@@H](Cc1ccc(O)cc1)C(=O)N[C@H](C(=O)N[C@@H](CO)C(=O)N[C@@H](CCC(=O)O)C(=O)O)[C@@H](C)O. The lowest BCUT2D eigenvalue weighted by atomic mass is 9.96. The van der Waals surface area contributed by atoms with E-state index in [1.165, 1.54) is 132 Å². The first kappa shape index (κ1) is 121. The predicted molar refractivity (Wildman–Crippen MR) is 507 cm³/mol. The first-order valence-electron chi connectivity index (χ1n) is 46.4. The van der Waals surface area contributed by atoms with E-state index in [0.29, 0.717) is 5.56 Å². The number of nitrogens with one attached hydrogen (secondary N) is 15. The van der Waals surface area contributed by atoms with E-state index in [1.54, 1.807) is 6.92 Å². The lowest BCUT2D eigenvalue weighted by Gasteiger charge is -2.32. The molecule has 33 N–H and O–H groups in total. The molecule has 0 saturated carbocycles. The first-order valence-corrected chi connectivity index (χ1v) is 46.4. The average Bonchev–Trinajstić information content (AvgIpc) is 1.04. The Labute approximate surface area is 835 Å². The third-order valence-corrected chi connectivity index (χ3v) is 23.6. The second kappa shape index (κ2) is 58.7. The number of rotatable bonds is 61. The Balaban J connectivity index is 1.37. The first-order chi connectivity index (χ1) is 68.7. The Morgan fingerprint density at radius 2 is 0.637 bits per heavy atom. The maximum atomic E-state index is 14.9. The van der Waals surface area contributed by atoms with Gasteiger partial charge in [-0.1, -0.05) is 103 Å². The van der Waals surface area contributed by atoms with Crippen LogP contribution < -0.4 is 97.0 Å². The van der Waals surface area contributed by atoms with Crippen molar-refractivity contribution in [3.05, 3.63) is 119 Å². The summed E-state index contributed by atoms with van der Waals surface area (Å²) in [6.45, 7) is 6.11. The fourth-order valence-electron chi connectivity index (χ4n) is 14.9. The molecule has 18 amide bonds. The monoisotopic (exact) mass is 2060 g/mol. The second-order valence-corrected chi connectivity index (χ2v) is 35.3. The van der Waals surface area contributed by atoms with Gasteiger partial charge < -0.3 is 163 Å². The van der Waals surface area contributed by atoms with E-state index in [-0.39, 0.29) is 78.3 Å². The van der Waals surface area contributed by atoms with Crippen molar-refractivity contribution >= 4 is 130 Å². The van der Waals surface area contributed by atoms with Crippen LogP contribution in [-0.2, 0) is 131 Å². The predicted octanol–water partition coefficient (Wildman–Crippen LogP) is -8.48. The van der Waals surface area contributed by atoms with Gasteiger partial charge in [0.2, 0.25) is 106 Å². The highest BCUT2D eigenvalue weighted by atomic mass is 16.4. The number of hydrogen-bond donors (Lipinski definition) is 30. The standard InChI is InChI=1S/C93H129N19O34/c1-8-44(5)74(89(141)104-62(38-69(96)122)82(134)100-59(34-48-14-22-52(118)23-15-48)80(132)101-61(36-50-18-26-54(120)27-19-50)83(135)111-76(46(7)116)91(143)106-64(40-113)85(137)98-57(93(145)146)29-31-70(123)124)109-84(136)63(39-72(127)128)102-81(133)60(35-49-16-24-53(119)25-17-49)103-90(142)75(45(6)9-2)110-87(139)67-11-10-32-112(67)92(144)66(42-115)107-86(138)65(41-114)105-88(140)73(43(3)4)108-78(130)56(28-30-68(95)121)97-79(131)58(33-47-12-20-51(117)21-13-47)99-77(129)55(94)37-71(125)126/h12-27,43-46,55-67,73-76,113-120H,8-11,28-42,94H2,1-7H3,(H2,95,121)(H2,96,122)(H,97,131)(H,98,137)(H,99,129)(H,100,134)(H,101,132)(H,102,133)(H,103,142)(H,104,141)(H,105,140)(H,106,143)(H,107,138)(H,108,130)(H,109,136)(H,110,139)(H,111,135)(H,123,124)(H,125,126)(H,127,128)(H,145,146)/t44-,45-,46+,55-,56-,57-,58-,59-,60-,61-,62-,63-,64-,65-,66-,67-,73-,74-,75-,76-/m0/s1. The van der Waals surface area contributed by atoms with E-state index >= 15 is 0 Å². The summed E-state index contributed by atoms with van der Waals surface area (Å²) in [6.07, 6.45) is -9.30. The maximum Gasteiger partial charge on any atom is 0.326 e. The molecule has 0 spiro atoms. The van der Waals surface area contributed by atoms with Gasteiger partial charge in [0.05, 0.1) is 51.2 Å². The van der Waals surface area contributed by atoms with Gasteiger partial charge >= 0.3 is 23.9 Å². The molecular weight excluding hydrogens is 1930 g/mol. The molecule has 20 atom stereocenters. The minimum Gasteiger partial charge on any atom is -0.508 e. The lowest BCUT2D eigenvalue weighted by Crippen LogP contribution is -2.63. The maximum absolute atomic E-state index is 14.9. The Morgan fingerprint density at radius 3 is 1.01 bits per heavy atom. The number of nitrogens with two attached hydrogens (primary N) is 3. The number of benzene rings is 4. The Kier molecular flexibility index (Phi) is 48.5. The highest BCUT2D eigenvalue weighted by Crippen LogP contribution is 2.24. The highest BCUT2D eigenvalue weighted by Gasteiger charge is 2.45. The van der Waals surface area contributed by atoms with Crippen LogP contribution in [0.2, 0.25) is 0 Å². The van der Waals surface area contributed by atoms with Crippen molar-refractivity contribution in [1.82, 2.24) is 84.7 Å². The van der Waals surface area contributed by atoms with E-state index in [0.717, 1.165) is 11.8 Å². The second-order valence-electron chi connectivity index (χ2n) is 35.3. The van der Waals surface area contributed by atoms with Gasteiger partial charge in [-0.25, -0.2) is 4.79 Å². The van der Waals surface area contributed by atoms with Gasteiger partial charge in [0.25, 0.3) is 0 Å². The number of carboxylic acids is 4. The van der Waals surface area contributed by atoms with Gasteiger partial charge in [-0.05, 0) is 121 Å². The number of amides is 18. The summed E-state index contributed by atoms with van der Waals surface area (Å²) in [7, 11) is 0. The molecule has 1 aliphatic heterocycles. The molecule has 1 fully saturated rings. The summed E-state index contributed by atoms with van der Waals surface area (Å²) in [5.74, 6) is -31.8. The van der Waals surface area contributed by atoms with Gasteiger partial charge in [-0.3, -0.25) is 101 Å². The zero-order valence-corrected chi connectivity index (χ0v) is 80.8. The number of nitrogens with zero attached hydrogens (tertiary/aromatic N) is 1. The smallest absolute Gasteiger partial charge is 0.326 e. The minimum atomic E-state index is -2.17. The molecule has 5 rings (SSSR count). The largest absolute Gasteiger partial charge is 0.508 e. The number of carbonyl (C=O) groups excluding carboxylic acids is 18. The number of carbonyl (C=O) groups is 22. The summed E-state index contributed by atoms with van der Waals surface area (Å²) < 4.78 is 0. The molecule has 1 saturated heterocycles. The van der Waals surface area contributed by atoms with Crippen LogP contribution in [0.25, 0.3) is 0 Å². The molecule has 0 aromatic heterocycles. The molecule has 53 heteroatoms. The Morgan fingerprint density at radius 1 is 0.336 bits per heavy atom. The fraction of sp³-hybridized carbons (Fsp3) is 0.505. The van der Waals surface area contributed by atoms with Crippen LogP contribution in [0.3, 0.4) is 0 Å². The normalized spacial score (nSPS) is 16.1. The van der Waals surface area contributed by atoms with Crippen molar-refractivity contribution in [2.45, 2.75) is 254 Å². The summed E-state index contributed by atoms with van der Waals surface area (Å²) in [5.41, 5.74) is 17.7. The van der Waals surface area contributed by atoms with Crippen LogP contribution in [0.4, 0.5) is 0 Å². The molecule has 800 valence electrons. The summed E-state index contributed by atoms with van der Waals surface area (Å²) >= 11 is 0. The average molecular weight is 2060 g/mol. The number of aromatic hydroxyl groups is 4. The van der Waals surface area contributed by atoms with Crippen LogP contribution >= 0.6 is 0 Å². The molecule has 0 radical (unpaired) electrons. The number of phenolic OH excluding ortho intramolecular Hbond substituents is 4. The zero-order chi connectivity index (χ0) is 109. The van der Waals surface area contributed by atoms with E-state index in [9.17, 15) is 162 Å². The molecule has 4 aromatic rings. The molecule has 0 unspecified atom stereocenters. The van der Waals surface area contributed by atoms with E-state index < -0.39 is 341 Å². The quantitative estimate of drug-likeness (QED) is 0.0195. The van der Waals surface area contributed by atoms with Crippen molar-refractivity contribution in [2.24, 2.45) is 35.0 Å². The number of primary amides is 2. The van der Waals surface area contributed by atoms with Gasteiger partial charge in [-0.15, -0.1) is 0 Å². The van der Waals surface area contributed by atoms with Crippen molar-refractivity contribution in [3.63, 3.8) is 0 Å². The molecule has 0 aliphatic carbocycles. The third kappa shape index (κ3) is 39.2. The topological polar surface area (TPSA) is 880 Å². The molecule has 1 aliphatic rings. The van der Waals surface area contributed by atoms with Gasteiger partial charge in [0, 0.05) is 45.1 Å². The molecule has 146 heavy (non-hydrogen) atoms.